The molecule has 0 saturated heterocycles. The van der Waals surface area contributed by atoms with Crippen LogP contribution in [0.5, 0.6) is 0 Å². The van der Waals surface area contributed by atoms with E-state index in [4.69, 9.17) is 0 Å². The Morgan fingerprint density at radius 1 is 1.13 bits per heavy atom. The Labute approximate surface area is 175 Å². The maximum atomic E-state index is 12.5. The van der Waals surface area contributed by atoms with Gasteiger partial charge >= 0.3 is 6.18 Å². The Morgan fingerprint density at radius 2 is 1.83 bits per heavy atom. The van der Waals surface area contributed by atoms with Crippen LogP contribution >= 0.6 is 11.8 Å². The third-order valence-corrected chi connectivity index (χ3v) is 5.01. The van der Waals surface area contributed by atoms with Gasteiger partial charge < -0.3 is 4.57 Å². The summed E-state index contributed by atoms with van der Waals surface area (Å²) in [5.74, 6) is 0.425. The largest absolute Gasteiger partial charge is 0.416 e. The lowest BCUT2D eigenvalue weighted by molar-refractivity contribution is -0.137. The van der Waals surface area contributed by atoms with Crippen LogP contribution in [0.1, 0.15) is 18.1 Å². The lowest BCUT2D eigenvalue weighted by Crippen LogP contribution is -2.20. The molecule has 2 aromatic carbocycles. The Morgan fingerprint density at radius 3 is 2.47 bits per heavy atom. The van der Waals surface area contributed by atoms with Crippen molar-refractivity contribution in [2.45, 2.75) is 24.8 Å². The third kappa shape index (κ3) is 5.47. The topological polar surface area (TPSA) is 72.2 Å². The molecule has 10 heteroatoms. The molecule has 0 atom stereocenters. The summed E-state index contributed by atoms with van der Waals surface area (Å²) in [6.07, 6.45) is -3.11. The van der Waals surface area contributed by atoms with Crippen molar-refractivity contribution in [3.05, 3.63) is 65.7 Å². The molecule has 0 aliphatic heterocycles. The quantitative estimate of drug-likeness (QED) is 0.344. The van der Waals surface area contributed by atoms with Gasteiger partial charge in [-0.1, -0.05) is 54.2 Å². The molecule has 0 spiro atoms. The average Bonchev–Trinajstić information content (AvgIpc) is 3.15. The predicted molar refractivity (Wildman–Crippen MR) is 109 cm³/mol. The number of carbonyl (C=O) groups is 1. The molecular weight excluding hydrogens is 415 g/mol. The summed E-state index contributed by atoms with van der Waals surface area (Å²) in [6, 6.07) is 14.1. The van der Waals surface area contributed by atoms with Crippen molar-refractivity contribution in [1.29, 1.82) is 0 Å². The van der Waals surface area contributed by atoms with Crippen molar-refractivity contribution >= 4 is 23.9 Å². The van der Waals surface area contributed by atoms with E-state index in [1.54, 1.807) is 0 Å². The minimum atomic E-state index is -4.39. The maximum Gasteiger partial charge on any atom is 0.416 e. The highest BCUT2D eigenvalue weighted by molar-refractivity contribution is 7.99. The highest BCUT2D eigenvalue weighted by Crippen LogP contribution is 2.29. The van der Waals surface area contributed by atoms with Gasteiger partial charge in [-0.3, -0.25) is 4.79 Å². The first kappa shape index (κ1) is 21.6. The molecule has 1 aromatic heterocycles. The maximum absolute atomic E-state index is 12.5. The number of amides is 1. The molecule has 0 aliphatic rings. The number of hydrazone groups is 1. The molecular formula is C20H18F3N5OS. The van der Waals surface area contributed by atoms with Crippen molar-refractivity contribution in [3.8, 4) is 11.4 Å². The zero-order valence-electron chi connectivity index (χ0n) is 15.9. The monoisotopic (exact) mass is 433 g/mol. The van der Waals surface area contributed by atoms with Crippen LogP contribution in [-0.2, 0) is 17.5 Å². The van der Waals surface area contributed by atoms with Gasteiger partial charge in [-0.05, 0) is 24.6 Å². The average molecular weight is 433 g/mol. The van der Waals surface area contributed by atoms with Gasteiger partial charge in [0.15, 0.2) is 11.0 Å². The Bertz CT molecular complexity index is 1020. The molecule has 6 nitrogen and oxygen atoms in total. The van der Waals surface area contributed by atoms with E-state index in [-0.39, 0.29) is 11.7 Å². The summed E-state index contributed by atoms with van der Waals surface area (Å²) < 4.78 is 39.6. The first-order chi connectivity index (χ1) is 14.4. The Kier molecular flexibility index (Phi) is 6.88. The minimum absolute atomic E-state index is 0.0667. The van der Waals surface area contributed by atoms with E-state index in [1.165, 1.54) is 30.1 Å². The molecule has 0 saturated carbocycles. The summed E-state index contributed by atoms with van der Waals surface area (Å²) >= 11 is 1.22. The van der Waals surface area contributed by atoms with E-state index in [9.17, 15) is 18.0 Å². The fraction of sp³-hybridized carbons (Fsp3) is 0.200. The molecule has 1 amide bonds. The van der Waals surface area contributed by atoms with Crippen molar-refractivity contribution in [1.82, 2.24) is 20.2 Å². The van der Waals surface area contributed by atoms with E-state index < -0.39 is 11.7 Å². The number of hydrogen-bond acceptors (Lipinski definition) is 5. The smallest absolute Gasteiger partial charge is 0.302 e. The molecule has 0 bridgehead atoms. The van der Waals surface area contributed by atoms with E-state index in [0.717, 1.165) is 23.5 Å². The molecule has 1 N–H and O–H groups in total. The number of halogens is 3. The van der Waals surface area contributed by atoms with Crippen LogP contribution in [-0.4, -0.2) is 32.6 Å². The van der Waals surface area contributed by atoms with Gasteiger partial charge in [-0.25, -0.2) is 5.43 Å². The summed E-state index contributed by atoms with van der Waals surface area (Å²) in [7, 11) is 0. The first-order valence-corrected chi connectivity index (χ1v) is 9.97. The number of benzene rings is 2. The standard InChI is InChI=1S/C20H18F3N5OS/c1-2-28-18(15-6-4-3-5-7-15)26-27-19(28)30-13-17(29)25-24-12-14-8-10-16(11-9-14)20(21,22)23/h3-12H,2,13H2,1H3,(H,25,29)/b24-12-. The predicted octanol–water partition coefficient (Wildman–Crippen LogP) is 4.23. The molecule has 30 heavy (non-hydrogen) atoms. The zero-order valence-corrected chi connectivity index (χ0v) is 16.7. The Hall–Kier alpha value is -3.14. The van der Waals surface area contributed by atoms with E-state index >= 15 is 0 Å². The second-order valence-corrected chi connectivity index (χ2v) is 7.06. The summed E-state index contributed by atoms with van der Waals surface area (Å²) in [6.45, 7) is 2.61. The van der Waals surface area contributed by atoms with Crippen molar-refractivity contribution in [3.63, 3.8) is 0 Å². The highest BCUT2D eigenvalue weighted by atomic mass is 32.2. The van der Waals surface area contributed by atoms with E-state index in [1.807, 2.05) is 41.8 Å². The number of nitrogens with zero attached hydrogens (tertiary/aromatic N) is 4. The molecule has 1 heterocycles. The number of hydrogen-bond donors (Lipinski definition) is 1. The van der Waals surface area contributed by atoms with Crippen molar-refractivity contribution in [2.75, 3.05) is 5.75 Å². The number of rotatable bonds is 7. The van der Waals surface area contributed by atoms with E-state index in [2.05, 4.69) is 20.7 Å². The van der Waals surface area contributed by atoms with Gasteiger partial charge in [0.2, 0.25) is 0 Å². The molecule has 3 aromatic rings. The molecule has 0 aliphatic carbocycles. The van der Waals surface area contributed by atoms with Gasteiger partial charge in [0.25, 0.3) is 5.91 Å². The molecule has 0 radical (unpaired) electrons. The van der Waals surface area contributed by atoms with Gasteiger partial charge in [0.1, 0.15) is 0 Å². The van der Waals surface area contributed by atoms with Crippen molar-refractivity contribution < 1.29 is 18.0 Å². The lowest BCUT2D eigenvalue weighted by Gasteiger charge is -2.07. The lowest BCUT2D eigenvalue weighted by atomic mass is 10.1. The molecule has 0 fully saturated rings. The van der Waals surface area contributed by atoms with Crippen LogP contribution in [0.2, 0.25) is 0 Å². The number of thioether (sulfide) groups is 1. The third-order valence-electron chi connectivity index (χ3n) is 4.04. The van der Waals surface area contributed by atoms with Crippen LogP contribution in [0.15, 0.2) is 64.9 Å². The fourth-order valence-electron chi connectivity index (χ4n) is 2.58. The van der Waals surface area contributed by atoms with Crippen LogP contribution < -0.4 is 5.43 Å². The van der Waals surface area contributed by atoms with Gasteiger partial charge in [-0.2, -0.15) is 18.3 Å². The van der Waals surface area contributed by atoms with Gasteiger partial charge in [-0.15, -0.1) is 10.2 Å². The SMILES string of the molecule is CCn1c(SCC(=O)N/N=C\c2ccc(C(F)(F)F)cc2)nnc1-c1ccccc1. The fourth-order valence-corrected chi connectivity index (χ4v) is 3.38. The summed E-state index contributed by atoms with van der Waals surface area (Å²) in [5.41, 5.74) is 2.99. The van der Waals surface area contributed by atoms with Crippen LogP contribution in [0.4, 0.5) is 13.2 Å². The number of aromatic nitrogens is 3. The highest BCUT2D eigenvalue weighted by Gasteiger charge is 2.29. The number of carbonyl (C=O) groups excluding carboxylic acids is 1. The van der Waals surface area contributed by atoms with Crippen LogP contribution in [0, 0.1) is 0 Å². The molecule has 156 valence electrons. The van der Waals surface area contributed by atoms with Gasteiger partial charge in [0, 0.05) is 12.1 Å². The second-order valence-electron chi connectivity index (χ2n) is 6.12. The molecule has 0 unspecified atom stereocenters. The Balaban J connectivity index is 1.55. The number of nitrogens with one attached hydrogen (secondary N) is 1. The van der Waals surface area contributed by atoms with E-state index in [0.29, 0.717) is 17.3 Å². The summed E-state index contributed by atoms with van der Waals surface area (Å²) in [5, 5.41) is 12.8. The number of alkyl halides is 3. The summed E-state index contributed by atoms with van der Waals surface area (Å²) in [4.78, 5) is 12.0. The zero-order chi connectivity index (χ0) is 21.6. The van der Waals surface area contributed by atoms with Crippen molar-refractivity contribution in [2.24, 2.45) is 5.10 Å². The van der Waals surface area contributed by atoms with Gasteiger partial charge in [0.05, 0.1) is 17.5 Å². The second kappa shape index (κ2) is 9.57. The van der Waals surface area contributed by atoms with Crippen LogP contribution in [0.25, 0.3) is 11.4 Å². The normalized spacial score (nSPS) is 11.7. The van der Waals surface area contributed by atoms with Crippen LogP contribution in [0.3, 0.4) is 0 Å². The molecule has 3 rings (SSSR count). The minimum Gasteiger partial charge on any atom is -0.302 e. The first-order valence-electron chi connectivity index (χ1n) is 8.99.